The van der Waals surface area contributed by atoms with E-state index in [1.165, 1.54) is 49.4 Å². The number of nitrogens with one attached hydrogen (secondary N) is 2. The lowest BCUT2D eigenvalue weighted by atomic mass is 9.99. The second-order valence-electron chi connectivity index (χ2n) is 11.1. The first-order valence-corrected chi connectivity index (χ1v) is 15.5. The first-order chi connectivity index (χ1) is 19.0. The molecule has 40 heavy (non-hydrogen) atoms. The smallest absolute Gasteiger partial charge is 0.303 e. The standard InChI is InChI=1S/C30H45N5O4S/c1-22(30(37)33-19-24-12-13-24)32-20-28(31)16-25-11-7-10-23(14-25)8-5-6-9-26-15-27(21-36)18-29(17-26)35(4)40(38,39)34(2)3/h7,10-11,14-15,17-18,21-22,24,28,32H,5-6,8-9,12-13,16,19-20,31H2,1-4H3,(H,33,37)/t22-,28?/m0/s1. The van der Waals surface area contributed by atoms with Crippen molar-refractivity contribution in [2.45, 2.75) is 64.0 Å². The van der Waals surface area contributed by atoms with Crippen molar-refractivity contribution in [1.29, 1.82) is 0 Å². The number of benzene rings is 2. The summed E-state index contributed by atoms with van der Waals surface area (Å²) in [6.45, 7) is 3.21. The maximum absolute atomic E-state index is 12.5. The molecule has 9 nitrogen and oxygen atoms in total. The van der Waals surface area contributed by atoms with Gasteiger partial charge >= 0.3 is 10.2 Å². The summed E-state index contributed by atoms with van der Waals surface area (Å²) in [5, 5.41) is 6.25. The van der Waals surface area contributed by atoms with Gasteiger partial charge in [0.05, 0.1) is 11.7 Å². The number of unbranched alkanes of at least 4 members (excludes halogenated alkanes) is 1. The normalized spacial score (nSPS) is 15.1. The van der Waals surface area contributed by atoms with Gasteiger partial charge in [-0.05, 0) is 92.7 Å². The van der Waals surface area contributed by atoms with Gasteiger partial charge < -0.3 is 16.4 Å². The van der Waals surface area contributed by atoms with E-state index in [1.54, 1.807) is 6.07 Å². The molecule has 10 heteroatoms. The Balaban J connectivity index is 1.46. The molecule has 1 amide bonds. The summed E-state index contributed by atoms with van der Waals surface area (Å²) in [7, 11) is 0.810. The molecule has 4 N–H and O–H groups in total. The zero-order valence-electron chi connectivity index (χ0n) is 24.2. The molecule has 2 atom stereocenters. The van der Waals surface area contributed by atoms with Crippen molar-refractivity contribution in [2.24, 2.45) is 11.7 Å². The highest BCUT2D eigenvalue weighted by Crippen LogP contribution is 2.27. The molecule has 3 rings (SSSR count). The van der Waals surface area contributed by atoms with Crippen LogP contribution in [0.15, 0.2) is 42.5 Å². The van der Waals surface area contributed by atoms with Crippen LogP contribution in [0.4, 0.5) is 5.69 Å². The van der Waals surface area contributed by atoms with Gasteiger partial charge in [0.2, 0.25) is 5.91 Å². The Morgan fingerprint density at radius 1 is 1.05 bits per heavy atom. The number of anilines is 1. The van der Waals surface area contributed by atoms with E-state index >= 15 is 0 Å². The topological polar surface area (TPSA) is 125 Å². The summed E-state index contributed by atoms with van der Waals surface area (Å²) in [5.74, 6) is 0.689. The molecule has 0 bridgehead atoms. The van der Waals surface area contributed by atoms with Crippen LogP contribution in [0, 0.1) is 5.92 Å². The summed E-state index contributed by atoms with van der Waals surface area (Å²) >= 11 is 0. The predicted molar refractivity (Wildman–Crippen MR) is 161 cm³/mol. The van der Waals surface area contributed by atoms with Crippen LogP contribution < -0.4 is 20.7 Å². The second kappa shape index (κ2) is 14.7. The lowest BCUT2D eigenvalue weighted by Gasteiger charge is -2.24. The van der Waals surface area contributed by atoms with Crippen molar-refractivity contribution < 1.29 is 18.0 Å². The van der Waals surface area contributed by atoms with E-state index < -0.39 is 10.2 Å². The van der Waals surface area contributed by atoms with Crippen molar-refractivity contribution in [3.05, 3.63) is 64.7 Å². The third-order valence-electron chi connectivity index (χ3n) is 7.32. The average Bonchev–Trinajstić information content (AvgIpc) is 3.77. The maximum atomic E-state index is 12.5. The van der Waals surface area contributed by atoms with Gasteiger partial charge in [-0.2, -0.15) is 12.7 Å². The SMILES string of the molecule is C[C@H](NCC(N)Cc1cccc(CCCCc2cc(C=O)cc(N(C)S(=O)(=O)N(C)C)c2)c1)C(=O)NCC1CC1. The number of hydrogen-bond acceptors (Lipinski definition) is 6. The van der Waals surface area contributed by atoms with Gasteiger partial charge in [0.15, 0.2) is 0 Å². The zero-order valence-corrected chi connectivity index (χ0v) is 25.0. The summed E-state index contributed by atoms with van der Waals surface area (Å²) < 4.78 is 27.4. The number of nitrogens with zero attached hydrogens (tertiary/aromatic N) is 2. The van der Waals surface area contributed by atoms with E-state index in [9.17, 15) is 18.0 Å². The molecule has 1 aliphatic carbocycles. The van der Waals surface area contributed by atoms with E-state index in [0.29, 0.717) is 23.7 Å². The lowest BCUT2D eigenvalue weighted by molar-refractivity contribution is -0.122. The first kappa shape index (κ1) is 31.7. The Morgan fingerprint density at radius 3 is 2.38 bits per heavy atom. The number of carbonyl (C=O) groups excluding carboxylic acids is 2. The van der Waals surface area contributed by atoms with Gasteiger partial charge in [-0.3, -0.25) is 13.9 Å². The van der Waals surface area contributed by atoms with Crippen molar-refractivity contribution in [3.8, 4) is 0 Å². The highest BCUT2D eigenvalue weighted by molar-refractivity contribution is 7.90. The number of hydrogen-bond donors (Lipinski definition) is 3. The average molecular weight is 572 g/mol. The molecule has 0 aromatic heterocycles. The maximum Gasteiger partial charge on any atom is 0.303 e. The third-order valence-corrected chi connectivity index (χ3v) is 9.14. The molecule has 0 spiro atoms. The van der Waals surface area contributed by atoms with Gasteiger partial charge in [-0.15, -0.1) is 0 Å². The largest absolute Gasteiger partial charge is 0.354 e. The molecule has 2 aromatic carbocycles. The number of carbonyl (C=O) groups is 2. The van der Waals surface area contributed by atoms with E-state index in [4.69, 9.17) is 5.73 Å². The Kier molecular flexibility index (Phi) is 11.7. The molecule has 0 saturated heterocycles. The van der Waals surface area contributed by atoms with Crippen LogP contribution in [0.2, 0.25) is 0 Å². The minimum Gasteiger partial charge on any atom is -0.354 e. The highest BCUT2D eigenvalue weighted by Gasteiger charge is 2.23. The number of rotatable bonds is 17. The van der Waals surface area contributed by atoms with E-state index in [2.05, 4.69) is 34.9 Å². The molecule has 0 aliphatic heterocycles. The molecular formula is C30H45N5O4S. The van der Waals surface area contributed by atoms with Crippen molar-refractivity contribution >= 4 is 28.1 Å². The number of nitrogens with two attached hydrogens (primary N) is 1. The highest BCUT2D eigenvalue weighted by atomic mass is 32.2. The molecule has 2 aromatic rings. The number of aldehydes is 1. The quantitative estimate of drug-likeness (QED) is 0.198. The Morgan fingerprint density at radius 2 is 1.73 bits per heavy atom. The van der Waals surface area contributed by atoms with E-state index in [1.807, 2.05) is 19.1 Å². The lowest BCUT2D eigenvalue weighted by Crippen LogP contribution is -2.47. The van der Waals surface area contributed by atoms with Gasteiger partial charge in [0, 0.05) is 45.8 Å². The number of amides is 1. The van der Waals surface area contributed by atoms with E-state index in [0.717, 1.165) is 54.8 Å². The Hall–Kier alpha value is -2.79. The molecule has 1 saturated carbocycles. The van der Waals surface area contributed by atoms with Crippen LogP contribution in [0.1, 0.15) is 59.7 Å². The van der Waals surface area contributed by atoms with Crippen LogP contribution in [0.5, 0.6) is 0 Å². The van der Waals surface area contributed by atoms with Crippen LogP contribution in [0.25, 0.3) is 0 Å². The minimum absolute atomic E-state index is 0.0285. The fourth-order valence-electron chi connectivity index (χ4n) is 4.56. The minimum atomic E-state index is -3.64. The Bertz CT molecular complexity index is 1250. The van der Waals surface area contributed by atoms with Gasteiger partial charge in [0.1, 0.15) is 6.29 Å². The zero-order chi connectivity index (χ0) is 29.3. The fraction of sp³-hybridized carbons (Fsp3) is 0.533. The summed E-state index contributed by atoms with van der Waals surface area (Å²) in [4.78, 5) is 23.7. The van der Waals surface area contributed by atoms with E-state index in [-0.39, 0.29) is 18.0 Å². The summed E-state index contributed by atoms with van der Waals surface area (Å²) in [6.07, 6.45) is 7.41. The molecule has 0 heterocycles. The first-order valence-electron chi connectivity index (χ1n) is 14.1. The Labute approximate surface area is 239 Å². The van der Waals surface area contributed by atoms with Crippen molar-refractivity contribution in [2.75, 3.05) is 38.5 Å². The summed E-state index contributed by atoms with van der Waals surface area (Å²) in [6, 6.07) is 13.3. The van der Waals surface area contributed by atoms with Crippen molar-refractivity contribution in [3.63, 3.8) is 0 Å². The van der Waals surface area contributed by atoms with Crippen LogP contribution in [-0.4, -0.2) is 71.2 Å². The van der Waals surface area contributed by atoms with Crippen LogP contribution in [0.3, 0.4) is 0 Å². The van der Waals surface area contributed by atoms with Gasteiger partial charge in [0.25, 0.3) is 0 Å². The molecular weight excluding hydrogens is 526 g/mol. The predicted octanol–water partition coefficient (Wildman–Crippen LogP) is 2.68. The molecule has 1 aliphatic rings. The van der Waals surface area contributed by atoms with Crippen LogP contribution >= 0.6 is 0 Å². The molecule has 1 fully saturated rings. The monoisotopic (exact) mass is 571 g/mol. The fourth-order valence-corrected chi connectivity index (χ4v) is 5.42. The molecule has 1 unspecified atom stereocenters. The van der Waals surface area contributed by atoms with Gasteiger partial charge in [-0.25, -0.2) is 0 Å². The molecule has 220 valence electrons. The van der Waals surface area contributed by atoms with Gasteiger partial charge in [-0.1, -0.05) is 24.3 Å². The van der Waals surface area contributed by atoms with Crippen LogP contribution in [-0.2, 0) is 34.3 Å². The van der Waals surface area contributed by atoms with Crippen molar-refractivity contribution in [1.82, 2.24) is 14.9 Å². The third kappa shape index (κ3) is 9.69. The molecule has 0 radical (unpaired) electrons. The number of aryl methyl sites for hydroxylation is 2. The second-order valence-corrected chi connectivity index (χ2v) is 13.3. The summed E-state index contributed by atoms with van der Waals surface area (Å²) in [5.41, 5.74) is 10.6.